The van der Waals surface area contributed by atoms with Crippen molar-refractivity contribution in [1.29, 1.82) is 0 Å². The minimum Gasteiger partial charge on any atom is -0.394 e. The number of amides is 1. The number of nitrogens with one attached hydrogen (secondary N) is 2. The van der Waals surface area contributed by atoms with E-state index in [-0.39, 0.29) is 24.6 Å². The molecule has 0 aromatic heterocycles. The lowest BCUT2D eigenvalue weighted by Crippen LogP contribution is -2.37. The lowest BCUT2D eigenvalue weighted by Gasteiger charge is -2.17. The highest BCUT2D eigenvalue weighted by atomic mass is 16.3. The molecule has 18 heavy (non-hydrogen) atoms. The first kappa shape index (κ1) is 14.5. The molecular weight excluding hydrogens is 228 g/mol. The van der Waals surface area contributed by atoms with E-state index in [4.69, 9.17) is 5.11 Å². The SMILES string of the molecule is CC[C@@H](CO)NC(=O)c1ccccc1NC(C)C. The standard InChI is InChI=1S/C14H22N2O2/c1-4-11(9-17)16-14(18)12-7-5-6-8-13(12)15-10(2)3/h5-8,10-11,15,17H,4,9H2,1-3H3,(H,16,18)/t11-/m0/s1. The fraction of sp³-hybridized carbons (Fsp3) is 0.500. The molecule has 3 N–H and O–H groups in total. The molecule has 1 rings (SSSR count). The quantitative estimate of drug-likeness (QED) is 0.723. The van der Waals surface area contributed by atoms with E-state index in [1.807, 2.05) is 39.0 Å². The minimum absolute atomic E-state index is 0.0397. The van der Waals surface area contributed by atoms with Crippen molar-refractivity contribution in [2.75, 3.05) is 11.9 Å². The molecule has 0 radical (unpaired) electrons. The number of aliphatic hydroxyl groups excluding tert-OH is 1. The van der Waals surface area contributed by atoms with Gasteiger partial charge in [0.2, 0.25) is 0 Å². The molecule has 0 aliphatic heterocycles. The summed E-state index contributed by atoms with van der Waals surface area (Å²) >= 11 is 0. The smallest absolute Gasteiger partial charge is 0.253 e. The van der Waals surface area contributed by atoms with Gasteiger partial charge in [0.15, 0.2) is 0 Å². The first-order valence-corrected chi connectivity index (χ1v) is 6.35. The maximum absolute atomic E-state index is 12.1. The van der Waals surface area contributed by atoms with Crippen LogP contribution in [0.3, 0.4) is 0 Å². The summed E-state index contributed by atoms with van der Waals surface area (Å²) < 4.78 is 0. The highest BCUT2D eigenvalue weighted by Crippen LogP contribution is 2.16. The number of rotatable bonds is 6. The summed E-state index contributed by atoms with van der Waals surface area (Å²) in [5, 5.41) is 15.2. The van der Waals surface area contributed by atoms with E-state index in [1.54, 1.807) is 6.07 Å². The molecule has 0 spiro atoms. The van der Waals surface area contributed by atoms with Gasteiger partial charge in [-0.05, 0) is 32.4 Å². The highest BCUT2D eigenvalue weighted by Gasteiger charge is 2.14. The zero-order chi connectivity index (χ0) is 13.5. The van der Waals surface area contributed by atoms with Crippen LogP contribution < -0.4 is 10.6 Å². The number of hydrogen-bond acceptors (Lipinski definition) is 3. The van der Waals surface area contributed by atoms with Gasteiger partial charge in [0, 0.05) is 11.7 Å². The van der Waals surface area contributed by atoms with E-state index in [2.05, 4.69) is 10.6 Å². The molecular formula is C14H22N2O2. The molecule has 4 nitrogen and oxygen atoms in total. The van der Waals surface area contributed by atoms with Crippen LogP contribution in [0.2, 0.25) is 0 Å². The predicted molar refractivity (Wildman–Crippen MR) is 73.8 cm³/mol. The van der Waals surface area contributed by atoms with E-state index in [0.29, 0.717) is 12.0 Å². The summed E-state index contributed by atoms with van der Waals surface area (Å²) in [5.41, 5.74) is 1.43. The Morgan fingerprint density at radius 1 is 1.33 bits per heavy atom. The molecule has 0 aliphatic carbocycles. The third-order valence-corrected chi connectivity index (χ3v) is 2.66. The van der Waals surface area contributed by atoms with E-state index in [0.717, 1.165) is 5.69 Å². The number of carbonyl (C=O) groups is 1. The van der Waals surface area contributed by atoms with E-state index in [1.165, 1.54) is 0 Å². The van der Waals surface area contributed by atoms with Crippen LogP contribution in [0.1, 0.15) is 37.6 Å². The number of anilines is 1. The lowest BCUT2D eigenvalue weighted by molar-refractivity contribution is 0.0915. The van der Waals surface area contributed by atoms with Gasteiger partial charge in [-0.1, -0.05) is 19.1 Å². The van der Waals surface area contributed by atoms with Crippen LogP contribution in [0.4, 0.5) is 5.69 Å². The van der Waals surface area contributed by atoms with Crippen LogP contribution in [0, 0.1) is 0 Å². The maximum Gasteiger partial charge on any atom is 0.253 e. The van der Waals surface area contributed by atoms with Crippen molar-refractivity contribution in [3.8, 4) is 0 Å². The second-order valence-corrected chi connectivity index (χ2v) is 4.61. The van der Waals surface area contributed by atoms with Gasteiger partial charge in [0.05, 0.1) is 18.2 Å². The van der Waals surface area contributed by atoms with Gasteiger partial charge in [-0.25, -0.2) is 0 Å². The van der Waals surface area contributed by atoms with Crippen LogP contribution in [0.5, 0.6) is 0 Å². The average Bonchev–Trinajstić information content (AvgIpc) is 2.35. The van der Waals surface area contributed by atoms with Crippen molar-refractivity contribution in [3.05, 3.63) is 29.8 Å². The van der Waals surface area contributed by atoms with Crippen molar-refractivity contribution < 1.29 is 9.90 Å². The first-order valence-electron chi connectivity index (χ1n) is 6.35. The van der Waals surface area contributed by atoms with Crippen LogP contribution in [-0.2, 0) is 0 Å². The molecule has 1 aromatic rings. The number of hydrogen-bond donors (Lipinski definition) is 3. The fourth-order valence-corrected chi connectivity index (χ4v) is 1.66. The topological polar surface area (TPSA) is 61.4 Å². The molecule has 0 heterocycles. The summed E-state index contributed by atoms with van der Waals surface area (Å²) in [6.45, 7) is 5.94. The van der Waals surface area contributed by atoms with Crippen molar-refractivity contribution in [2.45, 2.75) is 39.3 Å². The Bertz CT molecular complexity index is 387. The van der Waals surface area contributed by atoms with Crippen LogP contribution in [0.25, 0.3) is 0 Å². The Hall–Kier alpha value is -1.55. The summed E-state index contributed by atoms with van der Waals surface area (Å²) in [6, 6.07) is 7.47. The molecule has 0 saturated carbocycles. The minimum atomic E-state index is -0.190. The zero-order valence-corrected chi connectivity index (χ0v) is 11.2. The molecule has 0 saturated heterocycles. The highest BCUT2D eigenvalue weighted by molar-refractivity contribution is 5.99. The Labute approximate surface area is 108 Å². The monoisotopic (exact) mass is 250 g/mol. The number of benzene rings is 1. The largest absolute Gasteiger partial charge is 0.394 e. The van der Waals surface area contributed by atoms with Crippen LogP contribution in [-0.4, -0.2) is 29.7 Å². The zero-order valence-electron chi connectivity index (χ0n) is 11.2. The molecule has 0 bridgehead atoms. The first-order chi connectivity index (χ1) is 8.58. The van der Waals surface area contributed by atoms with Crippen molar-refractivity contribution in [3.63, 3.8) is 0 Å². The van der Waals surface area contributed by atoms with E-state index >= 15 is 0 Å². The molecule has 1 aromatic carbocycles. The molecule has 4 heteroatoms. The van der Waals surface area contributed by atoms with Crippen molar-refractivity contribution in [1.82, 2.24) is 5.32 Å². The predicted octanol–water partition coefficient (Wildman–Crippen LogP) is 2.01. The molecule has 100 valence electrons. The fourth-order valence-electron chi connectivity index (χ4n) is 1.66. The van der Waals surface area contributed by atoms with Crippen molar-refractivity contribution >= 4 is 11.6 Å². The maximum atomic E-state index is 12.1. The lowest BCUT2D eigenvalue weighted by atomic mass is 10.1. The molecule has 1 atom stereocenters. The van der Waals surface area contributed by atoms with Gasteiger partial charge in [0.1, 0.15) is 0 Å². The van der Waals surface area contributed by atoms with Gasteiger partial charge in [-0.15, -0.1) is 0 Å². The summed E-state index contributed by atoms with van der Waals surface area (Å²) in [7, 11) is 0. The van der Waals surface area contributed by atoms with Gasteiger partial charge in [-0.3, -0.25) is 4.79 Å². The second kappa shape index (κ2) is 7.01. The third kappa shape index (κ3) is 4.04. The Balaban J connectivity index is 2.84. The third-order valence-electron chi connectivity index (χ3n) is 2.66. The molecule has 0 aliphatic rings. The van der Waals surface area contributed by atoms with Gasteiger partial charge in [-0.2, -0.15) is 0 Å². The second-order valence-electron chi connectivity index (χ2n) is 4.61. The normalized spacial score (nSPS) is 12.3. The number of carbonyl (C=O) groups excluding carboxylic acids is 1. The van der Waals surface area contributed by atoms with Gasteiger partial charge < -0.3 is 15.7 Å². The van der Waals surface area contributed by atoms with Gasteiger partial charge in [0.25, 0.3) is 5.91 Å². The molecule has 0 fully saturated rings. The Morgan fingerprint density at radius 2 is 2.00 bits per heavy atom. The van der Waals surface area contributed by atoms with Crippen molar-refractivity contribution in [2.24, 2.45) is 0 Å². The molecule has 0 unspecified atom stereocenters. The van der Waals surface area contributed by atoms with E-state index < -0.39 is 0 Å². The Kier molecular flexibility index (Phi) is 5.65. The molecule has 1 amide bonds. The van der Waals surface area contributed by atoms with E-state index in [9.17, 15) is 4.79 Å². The summed E-state index contributed by atoms with van der Waals surface area (Å²) in [4.78, 5) is 12.1. The number of para-hydroxylation sites is 1. The average molecular weight is 250 g/mol. The Morgan fingerprint density at radius 3 is 2.56 bits per heavy atom. The summed E-state index contributed by atoms with van der Waals surface area (Å²) in [6.07, 6.45) is 0.710. The number of aliphatic hydroxyl groups is 1. The van der Waals surface area contributed by atoms with Crippen LogP contribution in [0.15, 0.2) is 24.3 Å². The summed E-state index contributed by atoms with van der Waals surface area (Å²) in [5.74, 6) is -0.153. The van der Waals surface area contributed by atoms with Gasteiger partial charge >= 0.3 is 0 Å². The van der Waals surface area contributed by atoms with Crippen LogP contribution >= 0.6 is 0 Å².